The van der Waals surface area contributed by atoms with E-state index in [0.717, 1.165) is 28.4 Å². The van der Waals surface area contributed by atoms with Crippen LogP contribution in [0.1, 0.15) is 32.8 Å². The maximum absolute atomic E-state index is 13.2. The van der Waals surface area contributed by atoms with Gasteiger partial charge in [0.1, 0.15) is 5.75 Å². The molecular weight excluding hydrogens is 412 g/mol. The van der Waals surface area contributed by atoms with Crippen LogP contribution < -0.4 is 9.50 Å². The molecule has 3 rings (SSSR count). The van der Waals surface area contributed by atoms with E-state index in [-0.39, 0.29) is 23.6 Å². The van der Waals surface area contributed by atoms with E-state index in [4.69, 9.17) is 4.18 Å². The summed E-state index contributed by atoms with van der Waals surface area (Å²) < 4.78 is 28.7. The number of anilines is 1. The molecule has 0 radical (unpaired) electrons. The van der Waals surface area contributed by atoms with Crippen LogP contribution >= 0.6 is 0 Å². The van der Waals surface area contributed by atoms with E-state index in [1.54, 1.807) is 23.1 Å². The minimum atomic E-state index is -3.61. The molecule has 6 nitrogen and oxygen atoms in total. The van der Waals surface area contributed by atoms with E-state index in [1.807, 2.05) is 62.4 Å². The Hall–Kier alpha value is -3.06. The second-order valence-electron chi connectivity index (χ2n) is 7.42. The van der Waals surface area contributed by atoms with Gasteiger partial charge < -0.3 is 14.4 Å². The molecule has 0 aromatic heterocycles. The molecule has 0 saturated heterocycles. The van der Waals surface area contributed by atoms with Gasteiger partial charge in [-0.2, -0.15) is 8.42 Å². The first kappa shape index (κ1) is 22.6. The third-order valence-corrected chi connectivity index (χ3v) is 6.40. The number of hydrogen-bond acceptors (Lipinski definition) is 4. The third-order valence-electron chi connectivity index (χ3n) is 5.24. The predicted octanol–water partition coefficient (Wildman–Crippen LogP) is 5.40. The van der Waals surface area contributed by atoms with Crippen LogP contribution in [0.25, 0.3) is 10.8 Å². The summed E-state index contributed by atoms with van der Waals surface area (Å²) in [7, 11) is -3.61. The fraction of sp³-hybridized carbons (Fsp3) is 0.292. The number of urea groups is 1. The third kappa shape index (κ3) is 5.76. The van der Waals surface area contributed by atoms with Gasteiger partial charge in [-0.15, -0.1) is 0 Å². The monoisotopic (exact) mass is 440 g/mol. The summed E-state index contributed by atoms with van der Waals surface area (Å²) in [4.78, 5) is 15.0. The van der Waals surface area contributed by atoms with Crippen molar-refractivity contribution in [2.45, 2.75) is 39.8 Å². The number of carbonyl (C=O) groups excluding carboxylic acids is 1. The molecule has 3 aromatic carbocycles. The lowest BCUT2D eigenvalue weighted by atomic mass is 10.1. The second kappa shape index (κ2) is 9.83. The lowest BCUT2D eigenvalue weighted by molar-refractivity contribution is 0.187. The van der Waals surface area contributed by atoms with E-state index in [1.165, 1.54) is 6.92 Å². The van der Waals surface area contributed by atoms with Gasteiger partial charge in [-0.3, -0.25) is 0 Å². The van der Waals surface area contributed by atoms with E-state index in [9.17, 15) is 13.2 Å². The highest BCUT2D eigenvalue weighted by atomic mass is 32.2. The molecule has 0 fully saturated rings. The van der Waals surface area contributed by atoms with Crippen molar-refractivity contribution in [2.24, 2.45) is 0 Å². The summed E-state index contributed by atoms with van der Waals surface area (Å²) in [6.07, 6.45) is 0.781. The summed E-state index contributed by atoms with van der Waals surface area (Å²) in [5.74, 6) is 0.141. The smallest absolute Gasteiger partial charge is 0.322 e. The highest BCUT2D eigenvalue weighted by molar-refractivity contribution is 7.87. The summed E-state index contributed by atoms with van der Waals surface area (Å²) in [5.41, 5.74) is 1.54. The zero-order valence-electron chi connectivity index (χ0n) is 18.0. The number of fused-ring (bicyclic) bond motifs is 1. The van der Waals surface area contributed by atoms with Gasteiger partial charge in [0, 0.05) is 18.0 Å². The summed E-state index contributed by atoms with van der Waals surface area (Å²) >= 11 is 0. The Morgan fingerprint density at radius 2 is 1.74 bits per heavy atom. The Labute approximate surface area is 184 Å². The van der Waals surface area contributed by atoms with Crippen molar-refractivity contribution in [3.05, 3.63) is 72.3 Å². The van der Waals surface area contributed by atoms with Gasteiger partial charge in [0.05, 0.1) is 11.4 Å². The van der Waals surface area contributed by atoms with Crippen LogP contribution in [0.5, 0.6) is 5.75 Å². The van der Waals surface area contributed by atoms with E-state index in [2.05, 4.69) is 5.32 Å². The SMILES string of the molecule is CCC(C)N(Cc1cccc(OS(=O)(=O)CC)c1)C(=O)Nc1cccc2ccccc12. The molecule has 0 saturated carbocycles. The maximum atomic E-state index is 13.2. The molecule has 7 heteroatoms. The van der Waals surface area contributed by atoms with Gasteiger partial charge in [0.2, 0.25) is 0 Å². The van der Waals surface area contributed by atoms with Crippen LogP contribution in [-0.2, 0) is 16.7 Å². The van der Waals surface area contributed by atoms with Crippen molar-refractivity contribution in [1.82, 2.24) is 4.90 Å². The molecule has 1 unspecified atom stereocenters. The fourth-order valence-corrected chi connectivity index (χ4v) is 3.78. The highest BCUT2D eigenvalue weighted by Gasteiger charge is 2.20. The quantitative estimate of drug-likeness (QED) is 0.476. The summed E-state index contributed by atoms with van der Waals surface area (Å²) in [6.45, 7) is 5.87. The number of rotatable bonds is 8. The van der Waals surface area contributed by atoms with Crippen molar-refractivity contribution in [3.63, 3.8) is 0 Å². The molecule has 0 aliphatic heterocycles. The summed E-state index contributed by atoms with van der Waals surface area (Å²) in [5, 5.41) is 5.07. The highest BCUT2D eigenvalue weighted by Crippen LogP contribution is 2.24. The van der Waals surface area contributed by atoms with Crippen LogP contribution in [-0.4, -0.2) is 31.1 Å². The van der Waals surface area contributed by atoms with Crippen LogP contribution in [0.15, 0.2) is 66.7 Å². The zero-order valence-corrected chi connectivity index (χ0v) is 18.9. The van der Waals surface area contributed by atoms with E-state index < -0.39 is 10.1 Å². The molecule has 2 amide bonds. The first-order valence-electron chi connectivity index (χ1n) is 10.4. The standard InChI is InChI=1S/C24H28N2O4S/c1-4-18(3)26(17-19-10-8-13-21(16-19)30-31(28,29)5-2)24(27)25-23-15-9-12-20-11-6-7-14-22(20)23/h6-16,18H,4-5,17H2,1-3H3,(H,25,27). The molecule has 3 aromatic rings. The van der Waals surface area contributed by atoms with Crippen molar-refractivity contribution in [3.8, 4) is 5.75 Å². The van der Waals surface area contributed by atoms with Crippen molar-refractivity contribution in [2.75, 3.05) is 11.1 Å². The lowest BCUT2D eigenvalue weighted by Crippen LogP contribution is -2.40. The Balaban J connectivity index is 1.83. The minimum Gasteiger partial charge on any atom is -0.382 e. The van der Waals surface area contributed by atoms with Crippen LogP contribution in [0.4, 0.5) is 10.5 Å². The average Bonchev–Trinajstić information content (AvgIpc) is 2.77. The lowest BCUT2D eigenvalue weighted by Gasteiger charge is -2.29. The van der Waals surface area contributed by atoms with Gasteiger partial charge in [-0.25, -0.2) is 4.79 Å². The number of amides is 2. The van der Waals surface area contributed by atoms with Gasteiger partial charge in [0.15, 0.2) is 0 Å². The molecule has 1 atom stereocenters. The Morgan fingerprint density at radius 1 is 1.03 bits per heavy atom. The molecule has 0 aliphatic rings. The molecule has 0 aliphatic carbocycles. The number of nitrogens with one attached hydrogen (secondary N) is 1. The maximum Gasteiger partial charge on any atom is 0.322 e. The average molecular weight is 441 g/mol. The van der Waals surface area contributed by atoms with Gasteiger partial charge in [-0.05, 0) is 49.4 Å². The fourth-order valence-electron chi connectivity index (χ4n) is 3.27. The second-order valence-corrected chi connectivity index (χ2v) is 9.28. The zero-order chi connectivity index (χ0) is 22.4. The molecule has 164 valence electrons. The normalized spacial score (nSPS) is 12.4. The van der Waals surface area contributed by atoms with Gasteiger partial charge in [0.25, 0.3) is 0 Å². The first-order chi connectivity index (χ1) is 14.8. The van der Waals surface area contributed by atoms with Crippen LogP contribution in [0.2, 0.25) is 0 Å². The largest absolute Gasteiger partial charge is 0.382 e. The minimum absolute atomic E-state index is 0.0149. The number of benzene rings is 3. The van der Waals surface area contributed by atoms with E-state index >= 15 is 0 Å². The predicted molar refractivity (Wildman–Crippen MR) is 125 cm³/mol. The van der Waals surface area contributed by atoms with E-state index in [0.29, 0.717) is 6.54 Å². The van der Waals surface area contributed by atoms with Crippen LogP contribution in [0, 0.1) is 0 Å². The van der Waals surface area contributed by atoms with Crippen molar-refractivity contribution >= 4 is 32.6 Å². The molecule has 0 bridgehead atoms. The number of carbonyl (C=O) groups is 1. The number of hydrogen-bond donors (Lipinski definition) is 1. The van der Waals surface area contributed by atoms with Gasteiger partial charge in [-0.1, -0.05) is 55.5 Å². The molecular formula is C24H28N2O4S. The Bertz CT molecular complexity index is 1160. The Kier molecular flexibility index (Phi) is 7.17. The molecule has 0 spiro atoms. The number of nitrogens with zero attached hydrogens (tertiary/aromatic N) is 1. The van der Waals surface area contributed by atoms with Gasteiger partial charge >= 0.3 is 16.1 Å². The van der Waals surface area contributed by atoms with Crippen molar-refractivity contribution < 1.29 is 17.4 Å². The topological polar surface area (TPSA) is 75.7 Å². The molecule has 0 heterocycles. The van der Waals surface area contributed by atoms with Crippen molar-refractivity contribution in [1.29, 1.82) is 0 Å². The Morgan fingerprint density at radius 3 is 2.48 bits per heavy atom. The summed E-state index contributed by atoms with van der Waals surface area (Å²) in [6, 6.07) is 20.3. The molecule has 31 heavy (non-hydrogen) atoms. The molecule has 1 N–H and O–H groups in total. The first-order valence-corrected chi connectivity index (χ1v) is 12.0. The van der Waals surface area contributed by atoms with Crippen LogP contribution in [0.3, 0.4) is 0 Å².